The van der Waals surface area contributed by atoms with E-state index in [2.05, 4.69) is 0 Å². The molecular weight excluding hydrogens is 254 g/mol. The quantitative estimate of drug-likeness (QED) is 0.655. The lowest BCUT2D eigenvalue weighted by atomic mass is 9.75. The SMILES string of the molecule is CCOC(=O)CCc1cc(Cl)cc2c1B(O)OC2. The number of carbonyl (C=O) groups is 1. The van der Waals surface area contributed by atoms with E-state index in [9.17, 15) is 9.82 Å². The van der Waals surface area contributed by atoms with E-state index in [-0.39, 0.29) is 12.4 Å². The van der Waals surface area contributed by atoms with Gasteiger partial charge < -0.3 is 14.4 Å². The Kier molecular flexibility index (Phi) is 4.27. The van der Waals surface area contributed by atoms with E-state index >= 15 is 0 Å². The molecule has 0 aliphatic carbocycles. The Bertz CT molecular complexity index is 464. The molecule has 96 valence electrons. The first-order chi connectivity index (χ1) is 8.61. The van der Waals surface area contributed by atoms with Crippen LogP contribution in [0.4, 0.5) is 0 Å². The number of esters is 1. The van der Waals surface area contributed by atoms with E-state index in [1.54, 1.807) is 19.1 Å². The molecule has 0 atom stereocenters. The van der Waals surface area contributed by atoms with Gasteiger partial charge in [-0.1, -0.05) is 11.6 Å². The Hall–Kier alpha value is -1.04. The summed E-state index contributed by atoms with van der Waals surface area (Å²) in [7, 11) is -0.922. The largest absolute Gasteiger partial charge is 0.492 e. The molecule has 1 aromatic rings. The molecule has 0 fully saturated rings. The highest BCUT2D eigenvalue weighted by Gasteiger charge is 2.30. The minimum atomic E-state index is -0.922. The van der Waals surface area contributed by atoms with Crippen molar-refractivity contribution in [1.82, 2.24) is 0 Å². The van der Waals surface area contributed by atoms with E-state index in [0.717, 1.165) is 16.6 Å². The van der Waals surface area contributed by atoms with E-state index < -0.39 is 7.12 Å². The third kappa shape index (κ3) is 2.86. The zero-order chi connectivity index (χ0) is 13.1. The number of hydrogen-bond acceptors (Lipinski definition) is 4. The minimum absolute atomic E-state index is 0.250. The summed E-state index contributed by atoms with van der Waals surface area (Å²) in [4.78, 5) is 11.3. The Labute approximate surface area is 111 Å². The van der Waals surface area contributed by atoms with Gasteiger partial charge in [0, 0.05) is 11.4 Å². The zero-order valence-corrected chi connectivity index (χ0v) is 10.9. The number of carbonyl (C=O) groups excluding carboxylic acids is 1. The second-order valence-corrected chi connectivity index (χ2v) is 4.54. The van der Waals surface area contributed by atoms with Crippen molar-refractivity contribution < 1.29 is 19.2 Å². The summed E-state index contributed by atoms with van der Waals surface area (Å²) >= 11 is 6.00. The van der Waals surface area contributed by atoms with Crippen LogP contribution in [0.2, 0.25) is 5.02 Å². The molecule has 0 aromatic heterocycles. The molecule has 1 aromatic carbocycles. The van der Waals surface area contributed by atoms with Crippen LogP contribution in [0.25, 0.3) is 0 Å². The summed E-state index contributed by atoms with van der Waals surface area (Å²) < 4.78 is 10.0. The summed E-state index contributed by atoms with van der Waals surface area (Å²) in [6, 6.07) is 3.54. The Morgan fingerprint density at radius 3 is 3.11 bits per heavy atom. The maximum Gasteiger partial charge on any atom is 0.492 e. The lowest BCUT2D eigenvalue weighted by Gasteiger charge is -2.09. The van der Waals surface area contributed by atoms with E-state index in [1.165, 1.54) is 0 Å². The van der Waals surface area contributed by atoms with Crippen LogP contribution in [0.5, 0.6) is 0 Å². The number of hydrogen-bond donors (Lipinski definition) is 1. The van der Waals surface area contributed by atoms with E-state index in [0.29, 0.717) is 24.7 Å². The van der Waals surface area contributed by atoms with Crippen LogP contribution in [0.3, 0.4) is 0 Å². The van der Waals surface area contributed by atoms with Gasteiger partial charge >= 0.3 is 13.1 Å². The summed E-state index contributed by atoms with van der Waals surface area (Å²) in [5, 5.41) is 10.3. The Balaban J connectivity index is 2.15. The Morgan fingerprint density at radius 2 is 2.39 bits per heavy atom. The van der Waals surface area contributed by atoms with Gasteiger partial charge in [0.25, 0.3) is 0 Å². The first kappa shape index (κ1) is 13.4. The van der Waals surface area contributed by atoms with Crippen LogP contribution in [-0.4, -0.2) is 24.7 Å². The van der Waals surface area contributed by atoms with Crippen molar-refractivity contribution in [3.05, 3.63) is 28.3 Å². The van der Waals surface area contributed by atoms with Gasteiger partial charge in [0.2, 0.25) is 0 Å². The molecule has 0 unspecified atom stereocenters. The van der Waals surface area contributed by atoms with Crippen molar-refractivity contribution >= 4 is 30.2 Å². The number of ether oxygens (including phenoxy) is 1. The Morgan fingerprint density at radius 1 is 1.61 bits per heavy atom. The monoisotopic (exact) mass is 268 g/mol. The predicted octanol–water partition coefficient (Wildman–Crippen LogP) is 1.05. The summed E-state index contributed by atoms with van der Waals surface area (Å²) in [5.74, 6) is -0.250. The van der Waals surface area contributed by atoms with Gasteiger partial charge in [0.15, 0.2) is 0 Å². The molecule has 0 bridgehead atoms. The van der Waals surface area contributed by atoms with Crippen LogP contribution < -0.4 is 5.46 Å². The molecule has 1 aliphatic rings. The molecule has 0 amide bonds. The lowest BCUT2D eigenvalue weighted by Crippen LogP contribution is -2.31. The van der Waals surface area contributed by atoms with Gasteiger partial charge in [-0.3, -0.25) is 4.79 Å². The highest BCUT2D eigenvalue weighted by atomic mass is 35.5. The van der Waals surface area contributed by atoms with E-state index in [4.69, 9.17) is 21.0 Å². The fourth-order valence-corrected chi connectivity index (χ4v) is 2.37. The number of benzene rings is 1. The average molecular weight is 269 g/mol. The van der Waals surface area contributed by atoms with Crippen molar-refractivity contribution in [3.63, 3.8) is 0 Å². The van der Waals surface area contributed by atoms with Crippen molar-refractivity contribution in [3.8, 4) is 0 Å². The number of halogens is 1. The second-order valence-electron chi connectivity index (χ2n) is 4.11. The maximum atomic E-state index is 11.3. The van der Waals surface area contributed by atoms with Crippen LogP contribution in [0.1, 0.15) is 24.5 Å². The summed E-state index contributed by atoms with van der Waals surface area (Å²) in [5.41, 5.74) is 2.47. The number of fused-ring (bicyclic) bond motifs is 1. The molecule has 0 spiro atoms. The number of aryl methyl sites for hydroxylation is 1. The lowest BCUT2D eigenvalue weighted by molar-refractivity contribution is -0.143. The standard InChI is InChI=1S/C12H14BClO4/c1-2-17-11(15)4-3-8-5-10(14)6-9-7-18-13(16)12(8)9/h5-6,16H,2-4,7H2,1H3. The number of rotatable bonds is 4. The average Bonchev–Trinajstić information content (AvgIpc) is 2.68. The van der Waals surface area contributed by atoms with Gasteiger partial charge in [0.05, 0.1) is 13.2 Å². The second kappa shape index (κ2) is 5.74. The van der Waals surface area contributed by atoms with Gasteiger partial charge in [-0.25, -0.2) is 0 Å². The molecule has 4 nitrogen and oxygen atoms in total. The van der Waals surface area contributed by atoms with Crippen molar-refractivity contribution in [2.45, 2.75) is 26.4 Å². The predicted molar refractivity (Wildman–Crippen MR) is 68.8 cm³/mol. The first-order valence-electron chi connectivity index (χ1n) is 5.88. The molecule has 1 heterocycles. The molecule has 1 N–H and O–H groups in total. The van der Waals surface area contributed by atoms with Crippen molar-refractivity contribution in [2.24, 2.45) is 0 Å². The highest BCUT2D eigenvalue weighted by molar-refractivity contribution is 6.62. The maximum absolute atomic E-state index is 11.3. The fourth-order valence-electron chi connectivity index (χ4n) is 2.10. The molecule has 18 heavy (non-hydrogen) atoms. The minimum Gasteiger partial charge on any atom is -0.466 e. The van der Waals surface area contributed by atoms with Crippen LogP contribution in [-0.2, 0) is 27.2 Å². The normalized spacial score (nSPS) is 13.6. The van der Waals surface area contributed by atoms with Crippen molar-refractivity contribution in [1.29, 1.82) is 0 Å². The summed E-state index contributed by atoms with van der Waals surface area (Å²) in [6.07, 6.45) is 0.759. The molecular formula is C12H14BClO4. The molecule has 1 aliphatic heterocycles. The molecule has 0 radical (unpaired) electrons. The van der Waals surface area contributed by atoms with E-state index in [1.807, 2.05) is 0 Å². The van der Waals surface area contributed by atoms with Crippen molar-refractivity contribution in [2.75, 3.05) is 6.61 Å². The summed E-state index contributed by atoms with van der Waals surface area (Å²) in [6.45, 7) is 2.49. The fraction of sp³-hybridized carbons (Fsp3) is 0.417. The zero-order valence-electron chi connectivity index (χ0n) is 10.1. The third-order valence-electron chi connectivity index (χ3n) is 2.86. The van der Waals surface area contributed by atoms with Gasteiger partial charge in [-0.15, -0.1) is 0 Å². The van der Waals surface area contributed by atoms with Gasteiger partial charge in [-0.2, -0.15) is 0 Å². The van der Waals surface area contributed by atoms with Gasteiger partial charge in [0.1, 0.15) is 0 Å². The smallest absolute Gasteiger partial charge is 0.466 e. The van der Waals surface area contributed by atoms with Crippen LogP contribution in [0, 0.1) is 0 Å². The highest BCUT2D eigenvalue weighted by Crippen LogP contribution is 2.20. The third-order valence-corrected chi connectivity index (χ3v) is 3.08. The molecule has 2 rings (SSSR count). The van der Waals surface area contributed by atoms with Gasteiger partial charge in [-0.05, 0) is 42.1 Å². The molecule has 0 saturated heterocycles. The first-order valence-corrected chi connectivity index (χ1v) is 6.26. The van der Waals surface area contributed by atoms with Crippen LogP contribution >= 0.6 is 11.6 Å². The molecule has 6 heteroatoms. The molecule has 0 saturated carbocycles. The van der Waals surface area contributed by atoms with Crippen LogP contribution in [0.15, 0.2) is 12.1 Å². The topological polar surface area (TPSA) is 55.8 Å².